The summed E-state index contributed by atoms with van der Waals surface area (Å²) in [5.74, 6) is -1.44. The number of hydrogen-bond donors (Lipinski definition) is 0. The van der Waals surface area contributed by atoms with Crippen LogP contribution in [0, 0.1) is 5.82 Å². The highest BCUT2D eigenvalue weighted by Crippen LogP contribution is 2.17. The van der Waals surface area contributed by atoms with Gasteiger partial charge in [-0.1, -0.05) is 0 Å². The van der Waals surface area contributed by atoms with E-state index in [0.29, 0.717) is 0 Å². The molecule has 0 bridgehead atoms. The van der Waals surface area contributed by atoms with Crippen LogP contribution in [0.1, 0.15) is 5.56 Å². The molecule has 0 aliphatic heterocycles. The van der Waals surface area contributed by atoms with Crippen molar-refractivity contribution in [3.8, 4) is 0 Å². The summed E-state index contributed by atoms with van der Waals surface area (Å²) in [6.45, 7) is 0. The maximum atomic E-state index is 13.0. The van der Waals surface area contributed by atoms with Crippen LogP contribution in [0.15, 0.2) is 23.1 Å². The topological polar surface area (TPSA) is 68.3 Å². The summed E-state index contributed by atoms with van der Waals surface area (Å²) < 4.78 is 56.9. The molecule has 0 unspecified atom stereocenters. The van der Waals surface area contributed by atoms with Gasteiger partial charge in [-0.3, -0.25) is 0 Å². The Bertz CT molecular complexity index is 607. The van der Waals surface area contributed by atoms with E-state index < -0.39 is 30.5 Å². The first-order valence-electron chi connectivity index (χ1n) is 4.00. The van der Waals surface area contributed by atoms with Gasteiger partial charge in [0.2, 0.25) is 9.05 Å². The number of benzene rings is 1. The van der Waals surface area contributed by atoms with E-state index in [1.807, 2.05) is 0 Å². The third kappa shape index (κ3) is 4.07. The van der Waals surface area contributed by atoms with Crippen molar-refractivity contribution < 1.29 is 21.2 Å². The van der Waals surface area contributed by atoms with Crippen LogP contribution in [0.5, 0.6) is 0 Å². The molecule has 1 aromatic rings. The summed E-state index contributed by atoms with van der Waals surface area (Å²) in [6, 6.07) is 2.83. The molecule has 16 heavy (non-hydrogen) atoms. The Morgan fingerprint density at radius 2 is 1.75 bits per heavy atom. The molecular formula is C8H8ClFO4S2. The standard InChI is InChI=1S/C8H8ClFO4S2/c1-15(11,12)8-3-6(2-7(10)4-8)5-16(9,13)14/h2-4H,5H2,1H3. The number of halogens is 2. The van der Waals surface area contributed by atoms with E-state index in [1.54, 1.807) is 0 Å². The first kappa shape index (κ1) is 13.4. The predicted molar refractivity (Wildman–Crippen MR) is 58.0 cm³/mol. The molecule has 0 N–H and O–H groups in total. The van der Waals surface area contributed by atoms with Crippen LogP contribution in [0.3, 0.4) is 0 Å². The van der Waals surface area contributed by atoms with Gasteiger partial charge >= 0.3 is 0 Å². The second kappa shape index (κ2) is 4.31. The lowest BCUT2D eigenvalue weighted by Crippen LogP contribution is -2.02. The highest BCUT2D eigenvalue weighted by atomic mass is 35.7. The van der Waals surface area contributed by atoms with Crippen LogP contribution in [0.25, 0.3) is 0 Å². The van der Waals surface area contributed by atoms with Crippen LogP contribution in [0.2, 0.25) is 0 Å². The van der Waals surface area contributed by atoms with E-state index in [-0.39, 0.29) is 10.5 Å². The van der Waals surface area contributed by atoms with Crippen LogP contribution in [0.4, 0.5) is 4.39 Å². The predicted octanol–water partition coefficient (Wildman–Crippen LogP) is 1.30. The van der Waals surface area contributed by atoms with E-state index in [4.69, 9.17) is 10.7 Å². The Morgan fingerprint density at radius 1 is 1.19 bits per heavy atom. The third-order valence-corrected chi connectivity index (χ3v) is 3.80. The Hall–Kier alpha value is -0.660. The molecule has 8 heteroatoms. The zero-order chi connectivity index (χ0) is 12.6. The lowest BCUT2D eigenvalue weighted by molar-refractivity contribution is 0.593. The minimum Gasteiger partial charge on any atom is -0.224 e. The quantitative estimate of drug-likeness (QED) is 0.786. The van der Waals surface area contributed by atoms with Crippen molar-refractivity contribution >= 4 is 29.6 Å². The van der Waals surface area contributed by atoms with Crippen LogP contribution in [-0.4, -0.2) is 23.1 Å². The van der Waals surface area contributed by atoms with Gasteiger partial charge in [-0.15, -0.1) is 0 Å². The Kier molecular flexibility index (Phi) is 3.61. The average Bonchev–Trinajstić information content (AvgIpc) is 1.97. The Balaban J connectivity index is 3.30. The molecule has 0 atom stereocenters. The SMILES string of the molecule is CS(=O)(=O)c1cc(F)cc(CS(=O)(=O)Cl)c1. The van der Waals surface area contributed by atoms with Crippen LogP contribution < -0.4 is 0 Å². The summed E-state index contributed by atoms with van der Waals surface area (Å²) in [5, 5.41) is 0. The van der Waals surface area contributed by atoms with Crippen molar-refractivity contribution in [2.24, 2.45) is 0 Å². The molecule has 0 radical (unpaired) electrons. The summed E-state index contributed by atoms with van der Waals surface area (Å²) in [5.41, 5.74) is -0.00424. The molecule has 1 aromatic carbocycles. The van der Waals surface area contributed by atoms with Crippen molar-refractivity contribution in [2.75, 3.05) is 6.26 Å². The molecule has 0 aromatic heterocycles. The third-order valence-electron chi connectivity index (χ3n) is 1.70. The number of sulfone groups is 1. The fraction of sp³-hybridized carbons (Fsp3) is 0.250. The fourth-order valence-electron chi connectivity index (χ4n) is 1.12. The molecule has 0 spiro atoms. The normalized spacial score (nSPS) is 12.7. The van der Waals surface area contributed by atoms with E-state index in [2.05, 4.69) is 0 Å². The second-order valence-electron chi connectivity index (χ2n) is 3.25. The van der Waals surface area contributed by atoms with Crippen molar-refractivity contribution in [3.63, 3.8) is 0 Å². The summed E-state index contributed by atoms with van der Waals surface area (Å²) in [7, 11) is -2.44. The van der Waals surface area contributed by atoms with Gasteiger partial charge in [0.15, 0.2) is 9.84 Å². The molecule has 90 valence electrons. The van der Waals surface area contributed by atoms with Gasteiger partial charge in [-0.05, 0) is 23.8 Å². The molecule has 0 amide bonds. The molecule has 0 fully saturated rings. The molecule has 0 aliphatic rings. The van der Waals surface area contributed by atoms with Crippen molar-refractivity contribution in [1.29, 1.82) is 0 Å². The Labute approximate surface area is 97.4 Å². The first-order chi connectivity index (χ1) is 7.08. The largest absolute Gasteiger partial charge is 0.236 e. The zero-order valence-electron chi connectivity index (χ0n) is 8.14. The van der Waals surface area contributed by atoms with E-state index in [1.165, 1.54) is 0 Å². The molecular weight excluding hydrogens is 279 g/mol. The van der Waals surface area contributed by atoms with Crippen molar-refractivity contribution in [2.45, 2.75) is 10.6 Å². The molecule has 4 nitrogen and oxygen atoms in total. The smallest absolute Gasteiger partial charge is 0.224 e. The van der Waals surface area contributed by atoms with E-state index in [0.717, 1.165) is 24.5 Å². The van der Waals surface area contributed by atoms with Gasteiger partial charge < -0.3 is 0 Å². The van der Waals surface area contributed by atoms with E-state index in [9.17, 15) is 21.2 Å². The van der Waals surface area contributed by atoms with Gasteiger partial charge in [-0.25, -0.2) is 21.2 Å². The lowest BCUT2D eigenvalue weighted by atomic mass is 10.2. The summed E-state index contributed by atoms with van der Waals surface area (Å²) in [6.07, 6.45) is 0.904. The highest BCUT2D eigenvalue weighted by molar-refractivity contribution is 8.13. The van der Waals surface area contributed by atoms with E-state index >= 15 is 0 Å². The minimum absolute atomic E-state index is 0.00424. The number of hydrogen-bond acceptors (Lipinski definition) is 4. The molecule has 0 heterocycles. The maximum absolute atomic E-state index is 13.0. The monoisotopic (exact) mass is 286 g/mol. The molecule has 1 rings (SSSR count). The van der Waals surface area contributed by atoms with Gasteiger partial charge in [0, 0.05) is 16.9 Å². The first-order valence-corrected chi connectivity index (χ1v) is 8.37. The molecule has 0 saturated carbocycles. The second-order valence-corrected chi connectivity index (χ2v) is 8.04. The summed E-state index contributed by atoms with van der Waals surface area (Å²) in [4.78, 5) is -0.275. The fourth-order valence-corrected chi connectivity index (χ4v) is 2.75. The van der Waals surface area contributed by atoms with Crippen molar-refractivity contribution in [1.82, 2.24) is 0 Å². The minimum atomic E-state index is -3.85. The van der Waals surface area contributed by atoms with Crippen LogP contribution in [-0.2, 0) is 24.6 Å². The maximum Gasteiger partial charge on any atom is 0.236 e. The lowest BCUT2D eigenvalue weighted by Gasteiger charge is -2.03. The highest BCUT2D eigenvalue weighted by Gasteiger charge is 2.13. The molecule has 0 saturated heterocycles. The van der Waals surface area contributed by atoms with Gasteiger partial charge in [0.1, 0.15) is 5.82 Å². The van der Waals surface area contributed by atoms with Gasteiger partial charge in [-0.2, -0.15) is 0 Å². The van der Waals surface area contributed by atoms with Gasteiger partial charge in [0.05, 0.1) is 10.6 Å². The van der Waals surface area contributed by atoms with Gasteiger partial charge in [0.25, 0.3) is 0 Å². The molecule has 0 aliphatic carbocycles. The average molecular weight is 287 g/mol. The number of rotatable bonds is 3. The Morgan fingerprint density at radius 3 is 2.19 bits per heavy atom. The van der Waals surface area contributed by atoms with Crippen molar-refractivity contribution in [3.05, 3.63) is 29.6 Å². The van der Waals surface area contributed by atoms with Crippen LogP contribution >= 0.6 is 10.7 Å². The summed E-state index contributed by atoms with van der Waals surface area (Å²) >= 11 is 0. The zero-order valence-corrected chi connectivity index (χ0v) is 10.5.